The number of halogens is 3. The Morgan fingerprint density at radius 3 is 2.53 bits per heavy atom. The number of nitrogens with zero attached hydrogens (tertiary/aromatic N) is 4. The van der Waals surface area contributed by atoms with Gasteiger partial charge in [-0.05, 0) is 25.8 Å². The number of aromatic nitrogens is 3. The van der Waals surface area contributed by atoms with Gasteiger partial charge in [-0.2, -0.15) is 0 Å². The van der Waals surface area contributed by atoms with E-state index in [1.165, 1.54) is 44.0 Å². The van der Waals surface area contributed by atoms with Crippen LogP contribution in [-0.2, 0) is 22.2 Å². The first kappa shape index (κ1) is 24.2. The number of benzene rings is 1. The molecule has 0 spiro atoms. The molecule has 1 amide bonds. The second kappa shape index (κ2) is 9.88. The van der Waals surface area contributed by atoms with Crippen molar-refractivity contribution in [1.82, 2.24) is 19.4 Å². The van der Waals surface area contributed by atoms with E-state index in [2.05, 4.69) is 15.3 Å². The Balaban J connectivity index is 1.81. The quantitative estimate of drug-likeness (QED) is 0.545. The summed E-state index contributed by atoms with van der Waals surface area (Å²) in [6, 6.07) is 3.20. The molecule has 3 heterocycles. The Bertz CT molecular complexity index is 1400. The summed E-state index contributed by atoms with van der Waals surface area (Å²) in [6.45, 7) is 3.63. The molecular weight excluding hydrogens is 475 g/mol. The minimum Gasteiger partial charge on any atom is -0.373 e. The molecule has 0 aliphatic carbocycles. The fourth-order valence-corrected chi connectivity index (χ4v) is 4.71. The van der Waals surface area contributed by atoms with E-state index < -0.39 is 29.4 Å². The number of ether oxygens (including phenoxy) is 1. The Morgan fingerprint density at radius 1 is 1.25 bits per heavy atom. The standard InChI is InChI=1S/C25H28F3N5O3/c1-14(16-6-5-7-17(20(16)26)21(27)28)31-22-18-12-19(24(35)32(3)23(18)30-13-29-22)25(36-4)8-10-33(11-9-25)15(2)34/h5-7,12-14,21H,8-11H2,1-4H3,(H,29,30,31)/t14-/m1/s1/i14D. The zero-order valence-corrected chi connectivity index (χ0v) is 20.4. The monoisotopic (exact) mass is 504 g/mol. The van der Waals surface area contributed by atoms with E-state index in [1.807, 2.05) is 0 Å². The molecule has 1 N–H and O–H groups in total. The molecule has 4 rings (SSSR count). The molecule has 0 radical (unpaired) electrons. The average Bonchev–Trinajstić information content (AvgIpc) is 2.86. The minimum absolute atomic E-state index is 0.0612. The third kappa shape index (κ3) is 4.43. The molecule has 36 heavy (non-hydrogen) atoms. The van der Waals surface area contributed by atoms with Crippen molar-refractivity contribution in [3.8, 4) is 0 Å². The molecule has 0 saturated carbocycles. The fourth-order valence-electron chi connectivity index (χ4n) is 4.71. The van der Waals surface area contributed by atoms with Gasteiger partial charge in [-0.1, -0.05) is 18.2 Å². The number of hydrogen-bond donors (Lipinski definition) is 1. The van der Waals surface area contributed by atoms with E-state index in [-0.39, 0.29) is 28.5 Å². The van der Waals surface area contributed by atoms with E-state index in [4.69, 9.17) is 6.11 Å². The number of piperidine rings is 1. The summed E-state index contributed by atoms with van der Waals surface area (Å²) < 4.78 is 57.4. The summed E-state index contributed by atoms with van der Waals surface area (Å²) in [4.78, 5) is 35.3. The van der Waals surface area contributed by atoms with Crippen LogP contribution >= 0.6 is 0 Å². The van der Waals surface area contributed by atoms with Crippen molar-refractivity contribution >= 4 is 22.8 Å². The van der Waals surface area contributed by atoms with Crippen molar-refractivity contribution in [2.75, 3.05) is 25.5 Å². The summed E-state index contributed by atoms with van der Waals surface area (Å²) in [5.74, 6) is -1.12. The summed E-state index contributed by atoms with van der Waals surface area (Å²) in [7, 11) is 3.05. The van der Waals surface area contributed by atoms with Gasteiger partial charge < -0.3 is 15.0 Å². The topological polar surface area (TPSA) is 89.4 Å². The number of nitrogens with one attached hydrogen (secondary N) is 1. The Morgan fingerprint density at radius 2 is 1.92 bits per heavy atom. The van der Waals surface area contributed by atoms with Crippen LogP contribution in [0.15, 0.2) is 35.4 Å². The average molecular weight is 505 g/mol. The van der Waals surface area contributed by atoms with Crippen LogP contribution in [0.25, 0.3) is 11.0 Å². The maximum absolute atomic E-state index is 14.9. The molecule has 0 unspecified atom stereocenters. The van der Waals surface area contributed by atoms with Crippen molar-refractivity contribution in [3.63, 3.8) is 0 Å². The third-order valence-corrected chi connectivity index (χ3v) is 6.88. The van der Waals surface area contributed by atoms with Crippen LogP contribution < -0.4 is 10.9 Å². The van der Waals surface area contributed by atoms with Gasteiger partial charge in [0.1, 0.15) is 29.2 Å². The molecule has 1 aromatic carbocycles. The van der Waals surface area contributed by atoms with Gasteiger partial charge in [-0.15, -0.1) is 0 Å². The van der Waals surface area contributed by atoms with Crippen LogP contribution in [0, 0.1) is 5.82 Å². The summed E-state index contributed by atoms with van der Waals surface area (Å²) in [5, 5.41) is 3.20. The van der Waals surface area contributed by atoms with Gasteiger partial charge in [-0.3, -0.25) is 14.2 Å². The number of alkyl halides is 2. The zero-order chi connectivity index (χ0) is 27.1. The van der Waals surface area contributed by atoms with Gasteiger partial charge in [0.15, 0.2) is 0 Å². The summed E-state index contributed by atoms with van der Waals surface area (Å²) in [5.41, 5.74) is -1.79. The molecule has 1 fully saturated rings. The predicted molar refractivity (Wildman–Crippen MR) is 128 cm³/mol. The highest BCUT2D eigenvalue weighted by molar-refractivity contribution is 5.87. The van der Waals surface area contributed by atoms with Crippen molar-refractivity contribution in [3.05, 3.63) is 63.5 Å². The van der Waals surface area contributed by atoms with E-state index in [0.29, 0.717) is 36.9 Å². The molecule has 192 valence electrons. The van der Waals surface area contributed by atoms with Crippen LogP contribution in [0.5, 0.6) is 0 Å². The van der Waals surface area contributed by atoms with Crippen molar-refractivity contribution < 1.29 is 24.1 Å². The number of carbonyl (C=O) groups is 1. The number of anilines is 1. The number of aryl methyl sites for hydroxylation is 1. The number of pyridine rings is 1. The summed E-state index contributed by atoms with van der Waals surface area (Å²) >= 11 is 0. The second-order valence-electron chi connectivity index (χ2n) is 8.85. The van der Waals surface area contributed by atoms with Gasteiger partial charge in [0.25, 0.3) is 12.0 Å². The summed E-state index contributed by atoms with van der Waals surface area (Å²) in [6.07, 6.45) is -1.06. The molecule has 1 saturated heterocycles. The molecule has 1 aliphatic heterocycles. The van der Waals surface area contributed by atoms with Gasteiger partial charge in [0.05, 0.1) is 23.9 Å². The highest BCUT2D eigenvalue weighted by Gasteiger charge is 2.40. The first-order chi connectivity index (χ1) is 17.4. The number of carbonyl (C=O) groups excluding carboxylic acids is 1. The first-order valence-electron chi connectivity index (χ1n) is 11.9. The minimum atomic E-state index is -3.03. The third-order valence-electron chi connectivity index (χ3n) is 6.88. The number of methoxy groups -OCH3 is 1. The number of fused-ring (bicyclic) bond motifs is 1. The normalized spacial score (nSPS) is 17.7. The number of hydrogen-bond acceptors (Lipinski definition) is 6. The molecule has 11 heteroatoms. The molecular formula is C25H28F3N5O3. The van der Waals surface area contributed by atoms with E-state index in [1.54, 1.807) is 18.0 Å². The van der Waals surface area contributed by atoms with Gasteiger partial charge in [-0.25, -0.2) is 23.1 Å². The second-order valence-corrected chi connectivity index (χ2v) is 8.85. The van der Waals surface area contributed by atoms with Gasteiger partial charge >= 0.3 is 0 Å². The molecule has 2 aromatic heterocycles. The molecule has 1 aliphatic rings. The number of amides is 1. The van der Waals surface area contributed by atoms with Crippen LogP contribution in [0.3, 0.4) is 0 Å². The molecule has 3 aromatic rings. The molecule has 8 nitrogen and oxygen atoms in total. The van der Waals surface area contributed by atoms with Crippen LogP contribution in [0.2, 0.25) is 0 Å². The lowest BCUT2D eigenvalue weighted by Crippen LogP contribution is -2.48. The lowest BCUT2D eigenvalue weighted by molar-refractivity contribution is -0.135. The van der Waals surface area contributed by atoms with Crippen LogP contribution in [0.1, 0.15) is 57.2 Å². The van der Waals surface area contributed by atoms with Crippen molar-refractivity contribution in [2.45, 2.75) is 44.7 Å². The molecule has 0 bridgehead atoms. The highest BCUT2D eigenvalue weighted by atomic mass is 19.3. The number of rotatable bonds is 6. The van der Waals surface area contributed by atoms with Crippen LogP contribution in [-0.4, -0.2) is 45.5 Å². The first-order valence-corrected chi connectivity index (χ1v) is 11.4. The maximum atomic E-state index is 14.9. The lowest BCUT2D eigenvalue weighted by atomic mass is 9.84. The Hall–Kier alpha value is -3.47. The predicted octanol–water partition coefficient (Wildman–Crippen LogP) is 4.06. The maximum Gasteiger partial charge on any atom is 0.266 e. The molecule has 1 atom stereocenters. The smallest absolute Gasteiger partial charge is 0.266 e. The zero-order valence-electron chi connectivity index (χ0n) is 21.4. The largest absolute Gasteiger partial charge is 0.373 e. The lowest BCUT2D eigenvalue weighted by Gasteiger charge is -2.40. The SMILES string of the molecule is [2H][C@](C)(Nc1ncnc2c1cc(C1(OC)CCN(C(C)=O)CC1)c(=O)n2C)c1cccc(C(F)F)c1F. The Kier molecular flexibility index (Phi) is 6.65. The van der Waals surface area contributed by atoms with Crippen LogP contribution in [0.4, 0.5) is 19.0 Å². The van der Waals surface area contributed by atoms with Gasteiger partial charge in [0.2, 0.25) is 5.91 Å². The van der Waals surface area contributed by atoms with E-state index in [0.717, 1.165) is 6.07 Å². The van der Waals surface area contributed by atoms with Crippen molar-refractivity contribution in [1.29, 1.82) is 0 Å². The fraction of sp³-hybridized carbons (Fsp3) is 0.440. The van der Waals surface area contributed by atoms with Crippen molar-refractivity contribution in [2.24, 2.45) is 7.05 Å². The van der Waals surface area contributed by atoms with Gasteiger partial charge in [0, 0.05) is 39.7 Å². The van der Waals surface area contributed by atoms with E-state index in [9.17, 15) is 22.8 Å². The van der Waals surface area contributed by atoms with E-state index >= 15 is 0 Å². The Labute approximate surface area is 207 Å². The highest BCUT2D eigenvalue weighted by Crippen LogP contribution is 2.37. The number of likely N-dealkylation sites (tertiary alicyclic amines) is 1.